The lowest BCUT2D eigenvalue weighted by Crippen LogP contribution is -2.48. The molecule has 2 aromatic carbocycles. The third-order valence-electron chi connectivity index (χ3n) is 5.23. The molecule has 150 valence electrons. The fourth-order valence-corrected chi connectivity index (χ4v) is 3.50. The molecule has 1 amide bonds. The molecule has 1 N–H and O–H groups in total. The third-order valence-corrected chi connectivity index (χ3v) is 5.23. The first-order chi connectivity index (χ1) is 13.6. The highest BCUT2D eigenvalue weighted by atomic mass is 16.5. The number of carbonyl (C=O) groups is 1. The molecule has 1 saturated heterocycles. The van der Waals surface area contributed by atoms with Gasteiger partial charge in [-0.1, -0.05) is 30.3 Å². The Morgan fingerprint density at radius 3 is 2.18 bits per heavy atom. The molecule has 6 nitrogen and oxygen atoms in total. The zero-order valence-electron chi connectivity index (χ0n) is 16.9. The van der Waals surface area contributed by atoms with Crippen molar-refractivity contribution in [2.45, 2.75) is 6.04 Å². The van der Waals surface area contributed by atoms with Crippen molar-refractivity contribution in [3.8, 4) is 11.5 Å². The highest BCUT2D eigenvalue weighted by Gasteiger charge is 2.24. The molecule has 28 heavy (non-hydrogen) atoms. The van der Waals surface area contributed by atoms with Crippen LogP contribution in [0, 0.1) is 0 Å². The molecule has 1 unspecified atom stereocenters. The van der Waals surface area contributed by atoms with Crippen molar-refractivity contribution in [3.05, 3.63) is 59.7 Å². The molecule has 6 heteroatoms. The Hall–Kier alpha value is -2.57. The predicted octanol–water partition coefficient (Wildman–Crippen LogP) is 2.42. The number of rotatable bonds is 7. The van der Waals surface area contributed by atoms with Crippen LogP contribution < -0.4 is 14.8 Å². The molecular weight excluding hydrogens is 354 g/mol. The van der Waals surface area contributed by atoms with Gasteiger partial charge in [0.1, 0.15) is 11.5 Å². The number of nitrogens with one attached hydrogen (secondary N) is 1. The minimum Gasteiger partial charge on any atom is -0.497 e. The van der Waals surface area contributed by atoms with E-state index in [-0.39, 0.29) is 11.9 Å². The van der Waals surface area contributed by atoms with Gasteiger partial charge in [0, 0.05) is 44.4 Å². The van der Waals surface area contributed by atoms with Gasteiger partial charge in [0.05, 0.1) is 20.3 Å². The molecule has 0 saturated carbocycles. The van der Waals surface area contributed by atoms with Crippen LogP contribution in [-0.4, -0.2) is 69.7 Å². The molecule has 1 atom stereocenters. The van der Waals surface area contributed by atoms with Gasteiger partial charge in [-0.3, -0.25) is 9.69 Å². The topological polar surface area (TPSA) is 54.0 Å². The van der Waals surface area contributed by atoms with Gasteiger partial charge in [0.2, 0.25) is 0 Å². The summed E-state index contributed by atoms with van der Waals surface area (Å²) in [5.74, 6) is 1.07. The first-order valence-corrected chi connectivity index (χ1v) is 9.59. The van der Waals surface area contributed by atoms with Crippen molar-refractivity contribution in [2.75, 3.05) is 54.0 Å². The van der Waals surface area contributed by atoms with Gasteiger partial charge in [-0.15, -0.1) is 0 Å². The van der Waals surface area contributed by atoms with Gasteiger partial charge in [-0.2, -0.15) is 0 Å². The first kappa shape index (κ1) is 20.2. The normalized spacial score (nSPS) is 16.4. The predicted molar refractivity (Wildman–Crippen MR) is 110 cm³/mol. The number of nitrogens with zero attached hydrogens (tertiary/aromatic N) is 2. The molecule has 1 fully saturated rings. The van der Waals surface area contributed by atoms with E-state index in [9.17, 15) is 4.79 Å². The molecule has 2 aromatic rings. The zero-order chi connectivity index (χ0) is 19.9. The Morgan fingerprint density at radius 2 is 1.61 bits per heavy atom. The van der Waals surface area contributed by atoms with Crippen LogP contribution in [0.15, 0.2) is 48.5 Å². The molecule has 1 heterocycles. The number of hydrogen-bond acceptors (Lipinski definition) is 5. The Balaban J connectivity index is 1.73. The van der Waals surface area contributed by atoms with Crippen molar-refractivity contribution in [1.29, 1.82) is 0 Å². The zero-order valence-corrected chi connectivity index (χ0v) is 16.9. The molecule has 0 bridgehead atoms. The van der Waals surface area contributed by atoms with Crippen LogP contribution in [0.4, 0.5) is 0 Å². The summed E-state index contributed by atoms with van der Waals surface area (Å²) in [5, 5.41) is 3.10. The summed E-state index contributed by atoms with van der Waals surface area (Å²) in [7, 11) is 5.30. The van der Waals surface area contributed by atoms with Gasteiger partial charge in [0.15, 0.2) is 0 Å². The molecule has 0 aliphatic carbocycles. The van der Waals surface area contributed by atoms with Crippen LogP contribution in [0.25, 0.3) is 0 Å². The molecule has 1 aliphatic heterocycles. The average Bonchev–Trinajstić information content (AvgIpc) is 2.75. The van der Waals surface area contributed by atoms with Gasteiger partial charge in [-0.25, -0.2) is 0 Å². The Bertz CT molecular complexity index is 752. The van der Waals surface area contributed by atoms with Gasteiger partial charge < -0.3 is 19.7 Å². The van der Waals surface area contributed by atoms with Crippen LogP contribution >= 0.6 is 0 Å². The van der Waals surface area contributed by atoms with Crippen molar-refractivity contribution >= 4 is 5.91 Å². The summed E-state index contributed by atoms with van der Waals surface area (Å²) in [6.45, 7) is 4.58. The molecule has 1 aliphatic rings. The number of piperazine rings is 1. The second-order valence-corrected chi connectivity index (χ2v) is 7.08. The second kappa shape index (κ2) is 9.57. The van der Waals surface area contributed by atoms with E-state index in [0.717, 1.165) is 26.2 Å². The van der Waals surface area contributed by atoms with E-state index in [1.165, 1.54) is 5.56 Å². The summed E-state index contributed by atoms with van der Waals surface area (Å²) in [6.07, 6.45) is 0. The molecular formula is C22H29N3O3. The van der Waals surface area contributed by atoms with E-state index in [1.54, 1.807) is 32.4 Å². The Morgan fingerprint density at radius 1 is 1.00 bits per heavy atom. The number of ether oxygens (including phenoxy) is 2. The second-order valence-electron chi connectivity index (χ2n) is 7.08. The van der Waals surface area contributed by atoms with E-state index < -0.39 is 0 Å². The van der Waals surface area contributed by atoms with E-state index in [1.807, 2.05) is 18.2 Å². The van der Waals surface area contributed by atoms with Crippen LogP contribution in [0.2, 0.25) is 0 Å². The average molecular weight is 383 g/mol. The number of amides is 1. The molecule has 0 radical (unpaired) electrons. The Labute approximate surface area is 167 Å². The SMILES string of the molecule is COc1cc(OC)cc(C(=O)NCC(c2ccccc2)N2CCN(C)CC2)c1. The summed E-state index contributed by atoms with van der Waals surface area (Å²) in [6, 6.07) is 15.7. The number of carbonyl (C=O) groups excluding carboxylic acids is 1. The maximum atomic E-state index is 12.8. The maximum Gasteiger partial charge on any atom is 0.251 e. The number of methoxy groups -OCH3 is 2. The van der Waals surface area contributed by atoms with Crippen LogP contribution in [-0.2, 0) is 0 Å². The van der Waals surface area contributed by atoms with Crippen molar-refractivity contribution in [2.24, 2.45) is 0 Å². The van der Waals surface area contributed by atoms with Gasteiger partial charge >= 0.3 is 0 Å². The van der Waals surface area contributed by atoms with Crippen LogP contribution in [0.1, 0.15) is 22.0 Å². The van der Waals surface area contributed by atoms with E-state index in [2.05, 4.69) is 34.3 Å². The monoisotopic (exact) mass is 383 g/mol. The van der Waals surface area contributed by atoms with Crippen LogP contribution in [0.3, 0.4) is 0 Å². The summed E-state index contributed by atoms with van der Waals surface area (Å²) < 4.78 is 10.5. The van der Waals surface area contributed by atoms with Crippen molar-refractivity contribution < 1.29 is 14.3 Å². The third kappa shape index (κ3) is 5.03. The summed E-state index contributed by atoms with van der Waals surface area (Å²) in [4.78, 5) is 17.6. The quantitative estimate of drug-likeness (QED) is 0.796. The van der Waals surface area contributed by atoms with E-state index in [0.29, 0.717) is 23.6 Å². The first-order valence-electron chi connectivity index (χ1n) is 9.59. The van der Waals surface area contributed by atoms with Crippen LogP contribution in [0.5, 0.6) is 11.5 Å². The number of hydrogen-bond donors (Lipinski definition) is 1. The summed E-state index contributed by atoms with van der Waals surface area (Å²) in [5.41, 5.74) is 1.75. The largest absolute Gasteiger partial charge is 0.497 e. The molecule has 0 spiro atoms. The minimum absolute atomic E-state index is 0.132. The fourth-order valence-electron chi connectivity index (χ4n) is 3.50. The van der Waals surface area contributed by atoms with Gasteiger partial charge in [0.25, 0.3) is 5.91 Å². The molecule has 0 aromatic heterocycles. The lowest BCUT2D eigenvalue weighted by Gasteiger charge is -2.38. The highest BCUT2D eigenvalue weighted by Crippen LogP contribution is 2.24. The lowest BCUT2D eigenvalue weighted by atomic mass is 10.0. The smallest absolute Gasteiger partial charge is 0.251 e. The summed E-state index contributed by atoms with van der Waals surface area (Å²) >= 11 is 0. The van der Waals surface area contributed by atoms with E-state index in [4.69, 9.17) is 9.47 Å². The standard InChI is InChI=1S/C22H29N3O3/c1-24-9-11-25(12-10-24)21(17-7-5-4-6-8-17)16-23-22(26)18-13-19(27-2)15-20(14-18)28-3/h4-8,13-15,21H,9-12,16H2,1-3H3,(H,23,26). The lowest BCUT2D eigenvalue weighted by molar-refractivity contribution is 0.0885. The van der Waals surface area contributed by atoms with Crippen molar-refractivity contribution in [3.63, 3.8) is 0 Å². The highest BCUT2D eigenvalue weighted by molar-refractivity contribution is 5.95. The Kier molecular flexibility index (Phi) is 6.90. The number of likely N-dealkylation sites (N-methyl/N-ethyl adjacent to an activating group) is 1. The fraction of sp³-hybridized carbons (Fsp3) is 0.409. The van der Waals surface area contributed by atoms with Crippen molar-refractivity contribution in [1.82, 2.24) is 15.1 Å². The molecule has 3 rings (SSSR count). The number of benzene rings is 2. The maximum absolute atomic E-state index is 12.8. The van der Waals surface area contributed by atoms with Gasteiger partial charge in [-0.05, 0) is 24.7 Å². The van der Waals surface area contributed by atoms with E-state index >= 15 is 0 Å². The minimum atomic E-state index is -0.132.